The fraction of sp³-hybridized carbons (Fsp3) is 0.409. The molecule has 3 nitrogen and oxygen atoms in total. The van der Waals surface area contributed by atoms with Crippen LogP contribution in [0.15, 0.2) is 42.5 Å². The molecule has 0 aliphatic carbocycles. The highest BCUT2D eigenvalue weighted by molar-refractivity contribution is 5.95. The van der Waals surface area contributed by atoms with Gasteiger partial charge in [-0.25, -0.2) is 0 Å². The van der Waals surface area contributed by atoms with Gasteiger partial charge in [-0.2, -0.15) is 0 Å². The number of anilines is 1. The molecule has 0 aromatic heterocycles. The fourth-order valence-electron chi connectivity index (χ4n) is 2.72. The molecule has 0 bridgehead atoms. The van der Waals surface area contributed by atoms with Crippen molar-refractivity contribution in [2.24, 2.45) is 0 Å². The Morgan fingerprint density at radius 1 is 1.12 bits per heavy atom. The van der Waals surface area contributed by atoms with E-state index in [1.54, 1.807) is 6.92 Å². The Balaban J connectivity index is 2.06. The Morgan fingerprint density at radius 2 is 1.76 bits per heavy atom. The van der Waals surface area contributed by atoms with Gasteiger partial charge in [0.05, 0.1) is 0 Å². The average Bonchev–Trinajstić information content (AvgIpc) is 2.56. The van der Waals surface area contributed by atoms with Crippen LogP contribution in [0.25, 0.3) is 0 Å². The fourth-order valence-corrected chi connectivity index (χ4v) is 2.72. The number of amides is 1. The van der Waals surface area contributed by atoms with Crippen molar-refractivity contribution in [3.05, 3.63) is 59.2 Å². The molecule has 2 aromatic rings. The molecule has 0 saturated carbocycles. The normalized spacial score (nSPS) is 12.6. The third kappa shape index (κ3) is 4.85. The predicted octanol–water partition coefficient (Wildman–Crippen LogP) is 5.26. The van der Waals surface area contributed by atoms with Crippen LogP contribution in [0, 0.1) is 6.92 Å². The minimum absolute atomic E-state index is 0.100. The number of carbonyl (C=O) groups excluding carboxylic acids is 1. The van der Waals surface area contributed by atoms with Gasteiger partial charge in [0.1, 0.15) is 5.75 Å². The van der Waals surface area contributed by atoms with E-state index < -0.39 is 6.10 Å². The second-order valence-corrected chi connectivity index (χ2v) is 7.49. The SMILES string of the molecule is CCc1cccc(C)c1NC(=O)[C@@H](C)Oc1ccc(C(C)(C)C)cc1. The van der Waals surface area contributed by atoms with Gasteiger partial charge in [-0.3, -0.25) is 4.79 Å². The summed E-state index contributed by atoms with van der Waals surface area (Å²) >= 11 is 0. The Labute approximate surface area is 151 Å². The van der Waals surface area contributed by atoms with Crippen LogP contribution in [0.4, 0.5) is 5.69 Å². The first-order valence-electron chi connectivity index (χ1n) is 8.89. The first kappa shape index (κ1) is 19.0. The van der Waals surface area contributed by atoms with E-state index in [-0.39, 0.29) is 11.3 Å². The van der Waals surface area contributed by atoms with Gasteiger partial charge in [-0.05, 0) is 54.5 Å². The number of nitrogens with one attached hydrogen (secondary N) is 1. The molecule has 1 amide bonds. The summed E-state index contributed by atoms with van der Waals surface area (Å²) in [5.74, 6) is 0.569. The van der Waals surface area contributed by atoms with Crippen LogP contribution in [0.1, 0.15) is 51.3 Å². The van der Waals surface area contributed by atoms with E-state index in [1.165, 1.54) is 5.56 Å². The van der Waals surface area contributed by atoms with Gasteiger partial charge in [0.15, 0.2) is 6.10 Å². The van der Waals surface area contributed by atoms with Crippen LogP contribution in [-0.2, 0) is 16.6 Å². The molecular formula is C22H29NO2. The predicted molar refractivity (Wildman–Crippen MR) is 104 cm³/mol. The van der Waals surface area contributed by atoms with Crippen molar-refractivity contribution in [2.45, 2.75) is 59.5 Å². The molecule has 0 saturated heterocycles. The molecule has 0 heterocycles. The maximum atomic E-state index is 12.5. The largest absolute Gasteiger partial charge is 0.481 e. The lowest BCUT2D eigenvalue weighted by Gasteiger charge is -2.20. The van der Waals surface area contributed by atoms with Gasteiger partial charge in [-0.15, -0.1) is 0 Å². The zero-order valence-corrected chi connectivity index (χ0v) is 16.1. The highest BCUT2D eigenvalue weighted by atomic mass is 16.5. The van der Waals surface area contributed by atoms with Crippen LogP contribution in [0.5, 0.6) is 5.75 Å². The van der Waals surface area contributed by atoms with E-state index in [2.05, 4.69) is 45.1 Å². The number of rotatable bonds is 5. The number of aryl methyl sites for hydroxylation is 2. The van der Waals surface area contributed by atoms with E-state index in [0.717, 1.165) is 23.2 Å². The van der Waals surface area contributed by atoms with Crippen molar-refractivity contribution >= 4 is 11.6 Å². The van der Waals surface area contributed by atoms with Crippen molar-refractivity contribution in [3.8, 4) is 5.75 Å². The average molecular weight is 339 g/mol. The van der Waals surface area contributed by atoms with E-state index in [9.17, 15) is 4.79 Å². The molecule has 0 aliphatic rings. The third-order valence-electron chi connectivity index (χ3n) is 4.39. The van der Waals surface area contributed by atoms with Crippen molar-refractivity contribution in [1.82, 2.24) is 0 Å². The lowest BCUT2D eigenvalue weighted by Crippen LogP contribution is -2.30. The first-order valence-corrected chi connectivity index (χ1v) is 8.89. The zero-order chi connectivity index (χ0) is 18.6. The van der Waals surface area contributed by atoms with Gasteiger partial charge < -0.3 is 10.1 Å². The molecule has 0 aliphatic heterocycles. The molecule has 1 atom stereocenters. The zero-order valence-electron chi connectivity index (χ0n) is 16.1. The minimum Gasteiger partial charge on any atom is -0.481 e. The Kier molecular flexibility index (Phi) is 5.89. The Hall–Kier alpha value is -2.29. The molecule has 1 N–H and O–H groups in total. The molecule has 0 fully saturated rings. The van der Waals surface area contributed by atoms with Crippen molar-refractivity contribution < 1.29 is 9.53 Å². The number of benzene rings is 2. The van der Waals surface area contributed by atoms with E-state index >= 15 is 0 Å². The number of ether oxygens (including phenoxy) is 1. The molecule has 0 unspecified atom stereocenters. The number of hydrogen-bond acceptors (Lipinski definition) is 2. The van der Waals surface area contributed by atoms with Gasteiger partial charge in [0, 0.05) is 5.69 Å². The van der Waals surface area contributed by atoms with Gasteiger partial charge in [0.25, 0.3) is 5.91 Å². The second kappa shape index (κ2) is 7.73. The van der Waals surface area contributed by atoms with Gasteiger partial charge in [-0.1, -0.05) is 58.0 Å². The molecule has 134 valence electrons. The molecule has 0 radical (unpaired) electrons. The van der Waals surface area contributed by atoms with E-state index in [1.807, 2.05) is 37.3 Å². The number of hydrogen-bond donors (Lipinski definition) is 1. The Bertz CT molecular complexity index is 727. The third-order valence-corrected chi connectivity index (χ3v) is 4.39. The second-order valence-electron chi connectivity index (χ2n) is 7.49. The standard InChI is InChI=1S/C22H29NO2/c1-7-17-10-8-9-15(2)20(17)23-21(24)16(3)25-19-13-11-18(12-14-19)22(4,5)6/h8-14,16H,7H2,1-6H3,(H,23,24)/t16-/m1/s1. The molecule has 3 heteroatoms. The Morgan fingerprint density at radius 3 is 2.32 bits per heavy atom. The quantitative estimate of drug-likeness (QED) is 0.807. The summed E-state index contributed by atoms with van der Waals surface area (Å²) in [7, 11) is 0. The maximum absolute atomic E-state index is 12.5. The molecule has 2 aromatic carbocycles. The summed E-state index contributed by atoms with van der Waals surface area (Å²) in [5.41, 5.74) is 4.44. The van der Waals surface area contributed by atoms with Crippen LogP contribution in [0.3, 0.4) is 0 Å². The summed E-state index contributed by atoms with van der Waals surface area (Å²) in [6, 6.07) is 14.0. The van der Waals surface area contributed by atoms with Crippen LogP contribution in [0.2, 0.25) is 0 Å². The van der Waals surface area contributed by atoms with Crippen LogP contribution < -0.4 is 10.1 Å². The van der Waals surface area contributed by atoms with Gasteiger partial charge >= 0.3 is 0 Å². The summed E-state index contributed by atoms with van der Waals surface area (Å²) in [5, 5.41) is 3.02. The minimum atomic E-state index is -0.565. The summed E-state index contributed by atoms with van der Waals surface area (Å²) < 4.78 is 5.82. The highest BCUT2D eigenvalue weighted by Gasteiger charge is 2.18. The smallest absolute Gasteiger partial charge is 0.265 e. The van der Waals surface area contributed by atoms with E-state index in [0.29, 0.717) is 5.75 Å². The summed E-state index contributed by atoms with van der Waals surface area (Å²) in [6.07, 6.45) is 0.311. The molecule has 0 spiro atoms. The first-order chi connectivity index (χ1) is 11.7. The highest BCUT2D eigenvalue weighted by Crippen LogP contribution is 2.25. The summed E-state index contributed by atoms with van der Waals surface area (Å²) in [4.78, 5) is 12.5. The topological polar surface area (TPSA) is 38.3 Å². The lowest BCUT2D eigenvalue weighted by molar-refractivity contribution is -0.122. The number of para-hydroxylation sites is 1. The maximum Gasteiger partial charge on any atom is 0.265 e. The van der Waals surface area contributed by atoms with Crippen LogP contribution >= 0.6 is 0 Å². The molecule has 25 heavy (non-hydrogen) atoms. The molecular weight excluding hydrogens is 310 g/mol. The monoisotopic (exact) mass is 339 g/mol. The van der Waals surface area contributed by atoms with Crippen LogP contribution in [-0.4, -0.2) is 12.0 Å². The van der Waals surface area contributed by atoms with Gasteiger partial charge in [0.2, 0.25) is 0 Å². The van der Waals surface area contributed by atoms with Crippen molar-refractivity contribution in [1.29, 1.82) is 0 Å². The lowest BCUT2D eigenvalue weighted by atomic mass is 9.87. The number of carbonyl (C=O) groups is 1. The van der Waals surface area contributed by atoms with E-state index in [4.69, 9.17) is 4.74 Å². The molecule has 2 rings (SSSR count). The van der Waals surface area contributed by atoms with Crippen molar-refractivity contribution in [2.75, 3.05) is 5.32 Å². The summed E-state index contributed by atoms with van der Waals surface area (Å²) in [6.45, 7) is 12.4. The van der Waals surface area contributed by atoms with Crippen molar-refractivity contribution in [3.63, 3.8) is 0 Å².